The number of hydrogen-bond acceptors (Lipinski definition) is 4. The summed E-state index contributed by atoms with van der Waals surface area (Å²) < 4.78 is 29.2. The van der Waals surface area contributed by atoms with E-state index < -0.39 is 28.5 Å². The lowest BCUT2D eigenvalue weighted by Gasteiger charge is -2.34. The van der Waals surface area contributed by atoms with Gasteiger partial charge >= 0.3 is 0 Å². The van der Waals surface area contributed by atoms with Crippen molar-refractivity contribution in [2.45, 2.75) is 82.8 Å². The van der Waals surface area contributed by atoms with Crippen LogP contribution in [0.2, 0.25) is 5.02 Å². The van der Waals surface area contributed by atoms with Crippen molar-refractivity contribution in [3.8, 4) is 0 Å². The summed E-state index contributed by atoms with van der Waals surface area (Å²) in [6, 6.07) is 20.0. The maximum Gasteiger partial charge on any atom is 0.264 e. The maximum atomic E-state index is 14.3. The molecule has 0 aromatic heterocycles. The molecule has 3 aromatic rings. The molecule has 0 saturated heterocycles. The van der Waals surface area contributed by atoms with E-state index in [0.29, 0.717) is 22.7 Å². The molecule has 4 rings (SSSR count). The zero-order valence-electron chi connectivity index (χ0n) is 24.6. The van der Waals surface area contributed by atoms with Crippen LogP contribution < -0.4 is 9.62 Å². The molecule has 42 heavy (non-hydrogen) atoms. The van der Waals surface area contributed by atoms with Crippen LogP contribution in [0.4, 0.5) is 5.69 Å². The van der Waals surface area contributed by atoms with Crippen LogP contribution in [-0.2, 0) is 26.2 Å². The largest absolute Gasteiger partial charge is 0.352 e. The van der Waals surface area contributed by atoms with Crippen molar-refractivity contribution in [3.63, 3.8) is 0 Å². The zero-order chi connectivity index (χ0) is 30.3. The van der Waals surface area contributed by atoms with Crippen molar-refractivity contribution in [2.75, 3.05) is 10.8 Å². The van der Waals surface area contributed by atoms with Crippen LogP contribution in [0.3, 0.4) is 0 Å². The van der Waals surface area contributed by atoms with Gasteiger partial charge in [-0.2, -0.15) is 0 Å². The van der Waals surface area contributed by atoms with Gasteiger partial charge in [-0.25, -0.2) is 8.42 Å². The molecule has 0 heterocycles. The Kier molecular flexibility index (Phi) is 10.7. The topological polar surface area (TPSA) is 86.8 Å². The molecule has 3 aromatic carbocycles. The molecule has 7 nitrogen and oxygen atoms in total. The first-order valence-electron chi connectivity index (χ1n) is 14.6. The van der Waals surface area contributed by atoms with Crippen LogP contribution >= 0.6 is 11.6 Å². The molecule has 9 heteroatoms. The number of amides is 2. The zero-order valence-corrected chi connectivity index (χ0v) is 26.1. The first kappa shape index (κ1) is 31.6. The maximum absolute atomic E-state index is 14.3. The van der Waals surface area contributed by atoms with Gasteiger partial charge in [0.2, 0.25) is 11.8 Å². The predicted molar refractivity (Wildman–Crippen MR) is 168 cm³/mol. The quantitative estimate of drug-likeness (QED) is 0.272. The Bertz CT molecular complexity index is 1470. The first-order chi connectivity index (χ1) is 20.1. The number of benzene rings is 3. The van der Waals surface area contributed by atoms with Crippen molar-refractivity contribution in [2.24, 2.45) is 0 Å². The Morgan fingerprint density at radius 2 is 1.55 bits per heavy atom. The summed E-state index contributed by atoms with van der Waals surface area (Å²) >= 11 is 6.50. The normalized spacial score (nSPS) is 14.7. The monoisotopic (exact) mass is 609 g/mol. The molecule has 1 atom stereocenters. The van der Waals surface area contributed by atoms with Crippen LogP contribution in [-0.4, -0.2) is 43.8 Å². The van der Waals surface area contributed by atoms with E-state index in [0.717, 1.165) is 47.5 Å². The number of carbonyl (C=O) groups is 2. The van der Waals surface area contributed by atoms with Gasteiger partial charge in [-0.15, -0.1) is 0 Å². The molecule has 0 spiro atoms. The Morgan fingerprint density at radius 1 is 0.929 bits per heavy atom. The summed E-state index contributed by atoms with van der Waals surface area (Å²) in [4.78, 5) is 29.5. The summed E-state index contributed by atoms with van der Waals surface area (Å²) in [5.74, 6) is -0.715. The number of nitrogens with zero attached hydrogens (tertiary/aromatic N) is 2. The minimum absolute atomic E-state index is 0.0706. The van der Waals surface area contributed by atoms with Gasteiger partial charge < -0.3 is 10.2 Å². The molecule has 224 valence electrons. The molecule has 1 N–H and O–H groups in total. The summed E-state index contributed by atoms with van der Waals surface area (Å²) in [6.45, 7) is 5.23. The molecule has 2 amide bonds. The highest BCUT2D eigenvalue weighted by molar-refractivity contribution is 7.92. The first-order valence-corrected chi connectivity index (χ1v) is 16.4. The third-order valence-electron chi connectivity index (χ3n) is 7.74. The average molecular weight is 610 g/mol. The number of nitrogens with one attached hydrogen (secondary N) is 1. The fraction of sp³-hybridized carbons (Fsp3) is 0.394. The minimum atomic E-state index is -4.11. The van der Waals surface area contributed by atoms with Crippen LogP contribution in [0.15, 0.2) is 77.7 Å². The summed E-state index contributed by atoms with van der Waals surface area (Å²) in [5.41, 5.74) is 2.82. The smallest absolute Gasteiger partial charge is 0.264 e. The highest BCUT2D eigenvalue weighted by Crippen LogP contribution is 2.28. The molecule has 1 fully saturated rings. The van der Waals surface area contributed by atoms with E-state index in [1.54, 1.807) is 42.5 Å². The predicted octanol–water partition coefficient (Wildman–Crippen LogP) is 6.41. The van der Waals surface area contributed by atoms with E-state index in [4.69, 9.17) is 11.6 Å². The Balaban J connectivity index is 1.73. The van der Waals surface area contributed by atoms with E-state index in [9.17, 15) is 18.0 Å². The second-order valence-electron chi connectivity index (χ2n) is 11.1. The average Bonchev–Trinajstić information content (AvgIpc) is 2.97. The van der Waals surface area contributed by atoms with Gasteiger partial charge in [-0.1, -0.05) is 80.3 Å². The van der Waals surface area contributed by atoms with Gasteiger partial charge in [0.25, 0.3) is 10.0 Å². The van der Waals surface area contributed by atoms with E-state index in [1.807, 2.05) is 39.0 Å². The summed E-state index contributed by atoms with van der Waals surface area (Å²) in [5, 5.41) is 3.64. The Hall–Kier alpha value is -3.36. The Morgan fingerprint density at radius 3 is 2.17 bits per heavy atom. The van der Waals surface area contributed by atoms with Gasteiger partial charge in [0.05, 0.1) is 10.6 Å². The molecule has 0 aliphatic heterocycles. The van der Waals surface area contributed by atoms with Crippen LogP contribution in [0.5, 0.6) is 0 Å². The number of rotatable bonds is 11. The molecule has 1 aliphatic rings. The summed E-state index contributed by atoms with van der Waals surface area (Å²) in [7, 11) is -4.11. The number of aryl methyl sites for hydroxylation is 2. The van der Waals surface area contributed by atoms with Crippen LogP contribution in [0.25, 0.3) is 0 Å². The molecule has 0 bridgehead atoms. The highest BCUT2D eigenvalue weighted by Gasteiger charge is 2.34. The summed E-state index contributed by atoms with van der Waals surface area (Å²) in [6.07, 6.45) is 5.47. The fourth-order valence-electron chi connectivity index (χ4n) is 5.62. The Labute approximate surface area is 254 Å². The SMILES string of the molecule is CC[C@@H](C(=O)NC1CCCCC1)N(Cc1ccccc1Cl)C(=O)CN(c1cc(C)cc(C)c1)S(=O)(=O)c1ccccc1. The lowest BCUT2D eigenvalue weighted by Crippen LogP contribution is -2.54. The fourth-order valence-corrected chi connectivity index (χ4v) is 7.23. The van der Waals surface area contributed by atoms with Crippen molar-refractivity contribution >= 4 is 39.1 Å². The van der Waals surface area contributed by atoms with Crippen LogP contribution in [0, 0.1) is 13.8 Å². The second-order valence-corrected chi connectivity index (χ2v) is 13.3. The molecule has 1 aliphatic carbocycles. The number of anilines is 1. The van der Waals surface area contributed by atoms with E-state index in [-0.39, 0.29) is 23.4 Å². The molecular weight excluding hydrogens is 570 g/mol. The highest BCUT2D eigenvalue weighted by atomic mass is 35.5. The molecule has 0 radical (unpaired) electrons. The number of sulfonamides is 1. The van der Waals surface area contributed by atoms with Gasteiger partial charge in [-0.05, 0) is 80.1 Å². The third kappa shape index (κ3) is 7.72. The van der Waals surface area contributed by atoms with Gasteiger partial charge in [0.1, 0.15) is 12.6 Å². The standard InChI is InChI=1S/C33H40ClN3O4S/c1-4-31(33(39)35-27-14-7-5-8-15-27)36(22-26-13-11-12-18-30(26)34)32(38)23-37(28-20-24(2)19-25(3)21-28)42(40,41)29-16-9-6-10-17-29/h6,9-13,16-21,27,31H,4-5,7-8,14-15,22-23H2,1-3H3,(H,35,39)/t31-/m0/s1. The van der Waals surface area contributed by atoms with E-state index >= 15 is 0 Å². The number of halogens is 1. The lowest BCUT2D eigenvalue weighted by molar-refractivity contribution is -0.140. The second kappa shape index (κ2) is 14.2. The van der Waals surface area contributed by atoms with Gasteiger partial charge in [-0.3, -0.25) is 13.9 Å². The third-order valence-corrected chi connectivity index (χ3v) is 9.90. The van der Waals surface area contributed by atoms with Crippen molar-refractivity contribution in [1.82, 2.24) is 10.2 Å². The van der Waals surface area contributed by atoms with E-state index in [2.05, 4.69) is 5.32 Å². The van der Waals surface area contributed by atoms with Crippen molar-refractivity contribution < 1.29 is 18.0 Å². The van der Waals surface area contributed by atoms with Gasteiger partial charge in [0.15, 0.2) is 0 Å². The lowest BCUT2D eigenvalue weighted by atomic mass is 9.95. The van der Waals surface area contributed by atoms with Crippen molar-refractivity contribution in [3.05, 3.63) is 94.5 Å². The van der Waals surface area contributed by atoms with Gasteiger partial charge in [0, 0.05) is 17.6 Å². The van der Waals surface area contributed by atoms with Crippen molar-refractivity contribution in [1.29, 1.82) is 0 Å². The number of hydrogen-bond donors (Lipinski definition) is 1. The molecular formula is C33H40ClN3O4S. The minimum Gasteiger partial charge on any atom is -0.352 e. The molecule has 1 saturated carbocycles. The van der Waals surface area contributed by atoms with E-state index in [1.165, 1.54) is 17.0 Å². The number of carbonyl (C=O) groups excluding carboxylic acids is 2. The molecule has 0 unspecified atom stereocenters. The van der Waals surface area contributed by atoms with Crippen LogP contribution in [0.1, 0.15) is 62.1 Å².